The second-order valence-corrected chi connectivity index (χ2v) is 11.8. The molecule has 5 atom stereocenters. The number of carboxylic acid groups (broad SMARTS) is 1. The van der Waals surface area contributed by atoms with Crippen LogP contribution in [0.4, 0.5) is 0 Å². The van der Waals surface area contributed by atoms with E-state index in [-0.39, 0.29) is 36.8 Å². The van der Waals surface area contributed by atoms with E-state index in [4.69, 9.17) is 19.3 Å². The van der Waals surface area contributed by atoms with Crippen molar-refractivity contribution in [3.63, 3.8) is 0 Å². The Bertz CT molecular complexity index is 1530. The summed E-state index contributed by atoms with van der Waals surface area (Å²) in [5.41, 5.74) is 9.61. The van der Waals surface area contributed by atoms with Crippen molar-refractivity contribution in [3.05, 3.63) is 131 Å². The van der Waals surface area contributed by atoms with Crippen molar-refractivity contribution in [1.82, 2.24) is 0 Å². The van der Waals surface area contributed by atoms with Gasteiger partial charge in [0.25, 0.3) is 0 Å². The first kappa shape index (κ1) is 31.2. The number of aryl methyl sites for hydroxylation is 2. The van der Waals surface area contributed by atoms with E-state index in [2.05, 4.69) is 74.3 Å². The molecule has 0 amide bonds. The smallest absolute Gasteiger partial charge is 0.306 e. The third-order valence-electron chi connectivity index (χ3n) is 8.75. The minimum atomic E-state index is -0.800. The molecule has 1 N–H and O–H groups in total. The Labute approximate surface area is 259 Å². The first-order chi connectivity index (χ1) is 21.2. The van der Waals surface area contributed by atoms with Crippen molar-refractivity contribution in [3.8, 4) is 0 Å². The minimum Gasteiger partial charge on any atom is -0.481 e. The maximum absolute atomic E-state index is 12.1. The number of aliphatic carboxylic acids is 1. The van der Waals surface area contributed by atoms with Crippen LogP contribution in [0.3, 0.4) is 0 Å². The average Bonchev–Trinajstić information content (AvgIpc) is 3.63. The molecule has 6 rings (SSSR count). The normalized spacial score (nSPS) is 25.7. The van der Waals surface area contributed by atoms with E-state index in [1.807, 2.05) is 37.3 Å². The molecule has 0 aliphatic carbocycles. The predicted molar refractivity (Wildman–Crippen MR) is 170 cm³/mol. The lowest BCUT2D eigenvalue weighted by Gasteiger charge is -2.38. The molecule has 44 heavy (non-hydrogen) atoms. The third kappa shape index (κ3) is 6.95. The Morgan fingerprint density at radius 2 is 1.55 bits per heavy atom. The molecule has 6 nitrogen and oxygen atoms in total. The number of hydrogen-bond acceptors (Lipinski definition) is 5. The summed E-state index contributed by atoms with van der Waals surface area (Å²) < 4.78 is 18.2. The molecule has 3 fully saturated rings. The van der Waals surface area contributed by atoms with E-state index >= 15 is 0 Å². The zero-order chi connectivity index (χ0) is 31.3. The summed E-state index contributed by atoms with van der Waals surface area (Å²) in [5, 5.41) is 8.75. The van der Waals surface area contributed by atoms with E-state index in [9.17, 15) is 9.59 Å². The first-order valence-corrected chi connectivity index (χ1v) is 15.2. The van der Waals surface area contributed by atoms with Crippen molar-refractivity contribution < 1.29 is 28.9 Å². The van der Waals surface area contributed by atoms with E-state index < -0.39 is 11.6 Å². The average molecular weight is 593 g/mol. The van der Waals surface area contributed by atoms with Crippen LogP contribution < -0.4 is 0 Å². The van der Waals surface area contributed by atoms with Gasteiger partial charge in [-0.3, -0.25) is 9.59 Å². The molecule has 3 saturated heterocycles. The van der Waals surface area contributed by atoms with Crippen LogP contribution in [-0.2, 0) is 23.8 Å². The van der Waals surface area contributed by atoms with E-state index in [1.54, 1.807) is 0 Å². The molecular formula is C38H40O6. The Morgan fingerprint density at radius 3 is 2.14 bits per heavy atom. The summed E-state index contributed by atoms with van der Waals surface area (Å²) in [6.07, 6.45) is 2.61. The molecule has 3 aromatic rings. The second-order valence-electron chi connectivity index (χ2n) is 11.8. The molecule has 3 heterocycles. The topological polar surface area (TPSA) is 82.1 Å². The maximum Gasteiger partial charge on any atom is 0.306 e. The van der Waals surface area contributed by atoms with Gasteiger partial charge in [-0.25, -0.2) is 0 Å². The molecule has 0 radical (unpaired) electrons. The van der Waals surface area contributed by atoms with Gasteiger partial charge in [0, 0.05) is 31.3 Å². The van der Waals surface area contributed by atoms with Gasteiger partial charge in [0.15, 0.2) is 5.60 Å². The number of carboxylic acids is 1. The number of esters is 1. The van der Waals surface area contributed by atoms with Gasteiger partial charge in [0.1, 0.15) is 6.10 Å². The Morgan fingerprint density at radius 1 is 0.932 bits per heavy atom. The third-order valence-corrected chi connectivity index (χ3v) is 8.75. The molecular weight excluding hydrogens is 552 g/mol. The molecule has 0 saturated carbocycles. The van der Waals surface area contributed by atoms with Crippen LogP contribution in [-0.4, -0.2) is 34.9 Å². The van der Waals surface area contributed by atoms with Gasteiger partial charge in [0.05, 0.1) is 18.3 Å². The lowest BCUT2D eigenvalue weighted by Crippen LogP contribution is -2.47. The van der Waals surface area contributed by atoms with Crippen LogP contribution in [0.5, 0.6) is 0 Å². The van der Waals surface area contributed by atoms with Crippen LogP contribution in [0.25, 0.3) is 5.57 Å². The van der Waals surface area contributed by atoms with Gasteiger partial charge in [0.2, 0.25) is 0 Å². The van der Waals surface area contributed by atoms with Crippen LogP contribution in [0.2, 0.25) is 0 Å². The summed E-state index contributed by atoms with van der Waals surface area (Å²) in [6.45, 7) is 12.1. The number of carbonyl (C=O) groups excluding carboxylic acids is 1. The van der Waals surface area contributed by atoms with Crippen molar-refractivity contribution in [1.29, 1.82) is 0 Å². The number of rotatable bonds is 7. The highest BCUT2D eigenvalue weighted by molar-refractivity contribution is 5.79. The van der Waals surface area contributed by atoms with Crippen LogP contribution in [0.15, 0.2) is 103 Å². The molecule has 228 valence electrons. The second kappa shape index (κ2) is 13.6. The van der Waals surface area contributed by atoms with Crippen molar-refractivity contribution in [2.75, 3.05) is 0 Å². The summed E-state index contributed by atoms with van der Waals surface area (Å²) >= 11 is 0. The van der Waals surface area contributed by atoms with E-state index in [0.717, 1.165) is 34.3 Å². The SMILES string of the molecule is C=C(c1ccccc1)C12CC(c3ccc(C)cc3)OC1CCC(=O)O2.C=C=C1CC(c2ccc(C)cc2)OC1CCC(=O)O. The highest BCUT2D eigenvalue weighted by Gasteiger charge is 2.56. The summed E-state index contributed by atoms with van der Waals surface area (Å²) in [5.74, 6) is -0.965. The van der Waals surface area contributed by atoms with Gasteiger partial charge in [-0.1, -0.05) is 103 Å². The first-order valence-electron chi connectivity index (χ1n) is 15.2. The number of ether oxygens (including phenoxy) is 3. The van der Waals surface area contributed by atoms with Gasteiger partial charge in [-0.15, -0.1) is 5.73 Å². The van der Waals surface area contributed by atoms with Crippen molar-refractivity contribution in [2.24, 2.45) is 0 Å². The van der Waals surface area contributed by atoms with E-state index in [1.165, 1.54) is 11.1 Å². The molecule has 0 bridgehead atoms. The van der Waals surface area contributed by atoms with Gasteiger partial charge >= 0.3 is 11.9 Å². The van der Waals surface area contributed by atoms with Gasteiger partial charge in [-0.2, -0.15) is 0 Å². The van der Waals surface area contributed by atoms with E-state index in [0.29, 0.717) is 25.7 Å². The Kier molecular flexibility index (Phi) is 9.65. The predicted octanol–water partition coefficient (Wildman–Crippen LogP) is 8.02. The molecule has 3 aliphatic rings. The number of benzene rings is 3. The number of carbonyl (C=O) groups is 2. The number of hydrogen-bond donors (Lipinski definition) is 1. The zero-order valence-electron chi connectivity index (χ0n) is 25.5. The van der Waals surface area contributed by atoms with Crippen LogP contribution >= 0.6 is 0 Å². The quantitative estimate of drug-likeness (QED) is 0.221. The van der Waals surface area contributed by atoms with Crippen LogP contribution in [0.1, 0.15) is 78.6 Å². The lowest BCUT2D eigenvalue weighted by atomic mass is 9.79. The lowest BCUT2D eigenvalue weighted by molar-refractivity contribution is -0.167. The number of fused-ring (bicyclic) bond motifs is 1. The summed E-state index contributed by atoms with van der Waals surface area (Å²) in [4.78, 5) is 22.8. The standard InChI is InChI=1S/C22H22O3.C16H18O3/c1-15-8-10-18(11-9-15)19-14-22(16(2)17-6-4-3-5-7-17)20(24-19)12-13-21(23)25-22;1-3-12-10-15(13-6-4-11(2)5-7-13)19-14(12)8-9-16(17)18/h3-11,19-20H,2,12-14H2,1H3;4-7,14-15H,1,8-10H2,2H3,(H,17,18). The summed E-state index contributed by atoms with van der Waals surface area (Å²) in [6, 6.07) is 26.5. The van der Waals surface area contributed by atoms with Crippen molar-refractivity contribution in [2.45, 2.75) is 82.4 Å². The van der Waals surface area contributed by atoms with Crippen molar-refractivity contribution >= 4 is 17.5 Å². The maximum atomic E-state index is 12.1. The molecule has 0 aromatic heterocycles. The fourth-order valence-electron chi connectivity index (χ4n) is 6.24. The van der Waals surface area contributed by atoms with Gasteiger partial charge in [-0.05, 0) is 49.0 Å². The van der Waals surface area contributed by atoms with Crippen LogP contribution in [0, 0.1) is 13.8 Å². The largest absolute Gasteiger partial charge is 0.481 e. The van der Waals surface area contributed by atoms with Gasteiger partial charge < -0.3 is 19.3 Å². The molecule has 5 unspecified atom stereocenters. The fraction of sp³-hybridized carbons (Fsp3) is 0.342. The molecule has 6 heteroatoms. The molecule has 0 spiro atoms. The molecule has 3 aromatic carbocycles. The monoisotopic (exact) mass is 592 g/mol. The Balaban J connectivity index is 0.000000182. The summed E-state index contributed by atoms with van der Waals surface area (Å²) in [7, 11) is 0. The Hall–Kier alpha value is -4.22. The highest BCUT2D eigenvalue weighted by Crippen LogP contribution is 2.52. The molecule has 3 aliphatic heterocycles. The fourth-order valence-corrected chi connectivity index (χ4v) is 6.24. The minimum absolute atomic E-state index is 0.0105. The highest BCUT2D eigenvalue weighted by atomic mass is 16.6. The zero-order valence-corrected chi connectivity index (χ0v) is 25.5.